The molecule has 21 heavy (non-hydrogen) atoms. The molecule has 1 aliphatic carbocycles. The van der Waals surface area contributed by atoms with Gasteiger partial charge >= 0.3 is 6.03 Å². The second-order valence-electron chi connectivity index (χ2n) is 5.44. The van der Waals surface area contributed by atoms with E-state index < -0.39 is 0 Å². The first-order valence-corrected chi connectivity index (χ1v) is 7.83. The quantitative estimate of drug-likeness (QED) is 0.390. The summed E-state index contributed by atoms with van der Waals surface area (Å²) < 4.78 is 0. The van der Waals surface area contributed by atoms with Gasteiger partial charge in [-0.05, 0) is 19.8 Å². The maximum Gasteiger partial charge on any atom is 0.324 e. The summed E-state index contributed by atoms with van der Waals surface area (Å²) in [6.07, 6.45) is 6.20. The number of nitrogens with one attached hydrogen (secondary N) is 3. The van der Waals surface area contributed by atoms with E-state index in [2.05, 4.69) is 20.9 Å². The molecule has 0 radical (unpaired) electrons. The van der Waals surface area contributed by atoms with Gasteiger partial charge in [0.05, 0.1) is 19.6 Å². The molecular formula is C14H25N5O2. The SMILES string of the molecule is CCNC(=NCCN1C(=O)CNC1=O)NC1CCCCC1. The van der Waals surface area contributed by atoms with Crippen molar-refractivity contribution in [3.63, 3.8) is 0 Å². The van der Waals surface area contributed by atoms with Gasteiger partial charge in [0.25, 0.3) is 0 Å². The third-order valence-electron chi connectivity index (χ3n) is 3.82. The maximum absolute atomic E-state index is 11.5. The van der Waals surface area contributed by atoms with E-state index in [1.54, 1.807) is 0 Å². The van der Waals surface area contributed by atoms with Crippen molar-refractivity contribution >= 4 is 17.9 Å². The smallest absolute Gasteiger partial charge is 0.324 e. The molecule has 1 aliphatic heterocycles. The van der Waals surface area contributed by atoms with Crippen LogP contribution in [0.1, 0.15) is 39.0 Å². The number of hydrogen-bond donors (Lipinski definition) is 3. The summed E-state index contributed by atoms with van der Waals surface area (Å²) in [5.74, 6) is 0.594. The van der Waals surface area contributed by atoms with Crippen molar-refractivity contribution in [3.8, 4) is 0 Å². The zero-order valence-electron chi connectivity index (χ0n) is 12.7. The highest BCUT2D eigenvalue weighted by atomic mass is 16.2. The number of amides is 3. The van der Waals surface area contributed by atoms with Crippen LogP contribution in [0.5, 0.6) is 0 Å². The Morgan fingerprint density at radius 1 is 1.33 bits per heavy atom. The number of hydrogen-bond acceptors (Lipinski definition) is 3. The van der Waals surface area contributed by atoms with Gasteiger partial charge in [0, 0.05) is 12.6 Å². The van der Waals surface area contributed by atoms with Crippen LogP contribution in [-0.2, 0) is 4.79 Å². The molecule has 3 N–H and O–H groups in total. The van der Waals surface area contributed by atoms with E-state index in [-0.39, 0.29) is 18.5 Å². The van der Waals surface area contributed by atoms with Gasteiger partial charge in [-0.3, -0.25) is 14.7 Å². The molecule has 3 amide bonds. The molecule has 118 valence electrons. The van der Waals surface area contributed by atoms with Crippen molar-refractivity contribution in [2.24, 2.45) is 4.99 Å². The molecule has 0 spiro atoms. The molecule has 1 heterocycles. The molecule has 0 bridgehead atoms. The number of rotatable bonds is 5. The molecule has 1 saturated heterocycles. The molecule has 0 unspecified atom stereocenters. The highest BCUT2D eigenvalue weighted by Gasteiger charge is 2.27. The molecule has 7 heteroatoms. The van der Waals surface area contributed by atoms with Crippen LogP contribution in [-0.4, -0.2) is 55.0 Å². The minimum Gasteiger partial charge on any atom is -0.357 e. The van der Waals surface area contributed by atoms with Crippen LogP contribution in [0.3, 0.4) is 0 Å². The molecule has 7 nitrogen and oxygen atoms in total. The summed E-state index contributed by atoms with van der Waals surface area (Å²) in [7, 11) is 0. The first kappa shape index (κ1) is 15.6. The predicted molar refractivity (Wildman–Crippen MR) is 81.1 cm³/mol. The van der Waals surface area contributed by atoms with E-state index in [1.165, 1.54) is 37.0 Å². The Bertz CT molecular complexity index is 388. The first-order valence-electron chi connectivity index (χ1n) is 7.83. The Balaban J connectivity index is 1.82. The summed E-state index contributed by atoms with van der Waals surface area (Å²) >= 11 is 0. The van der Waals surface area contributed by atoms with Crippen molar-refractivity contribution in [2.45, 2.75) is 45.1 Å². The van der Waals surface area contributed by atoms with E-state index in [0.29, 0.717) is 19.1 Å². The maximum atomic E-state index is 11.5. The topological polar surface area (TPSA) is 85.8 Å². The standard InChI is InChI=1S/C14H25N5O2/c1-2-15-13(18-11-6-4-3-5-7-11)16-8-9-19-12(20)10-17-14(19)21/h11H,2-10H2,1H3,(H,17,21)(H2,15,16,18). The van der Waals surface area contributed by atoms with Gasteiger partial charge < -0.3 is 16.0 Å². The second-order valence-corrected chi connectivity index (χ2v) is 5.44. The molecule has 1 saturated carbocycles. The van der Waals surface area contributed by atoms with Crippen molar-refractivity contribution in [1.82, 2.24) is 20.9 Å². The fraction of sp³-hybridized carbons (Fsp3) is 0.786. The van der Waals surface area contributed by atoms with Crippen LogP contribution in [0, 0.1) is 0 Å². The highest BCUT2D eigenvalue weighted by Crippen LogP contribution is 2.17. The molecule has 0 atom stereocenters. The average molecular weight is 295 g/mol. The van der Waals surface area contributed by atoms with E-state index in [1.807, 2.05) is 6.92 Å². The molecule has 2 rings (SSSR count). The molecule has 0 aromatic carbocycles. The fourth-order valence-corrected chi connectivity index (χ4v) is 2.70. The Kier molecular flexibility index (Phi) is 5.83. The van der Waals surface area contributed by atoms with Gasteiger partial charge in [0.1, 0.15) is 0 Å². The Morgan fingerprint density at radius 3 is 2.71 bits per heavy atom. The lowest BCUT2D eigenvalue weighted by Gasteiger charge is -2.25. The number of carbonyl (C=O) groups excluding carboxylic acids is 2. The van der Waals surface area contributed by atoms with Crippen LogP contribution in [0.15, 0.2) is 4.99 Å². The summed E-state index contributed by atoms with van der Waals surface area (Å²) in [4.78, 5) is 28.6. The Labute approximate surface area is 125 Å². The summed E-state index contributed by atoms with van der Waals surface area (Å²) in [6, 6.07) is 0.161. The third-order valence-corrected chi connectivity index (χ3v) is 3.82. The van der Waals surface area contributed by atoms with Crippen LogP contribution < -0.4 is 16.0 Å². The van der Waals surface area contributed by atoms with E-state index >= 15 is 0 Å². The van der Waals surface area contributed by atoms with Crippen LogP contribution >= 0.6 is 0 Å². The largest absolute Gasteiger partial charge is 0.357 e. The Hall–Kier alpha value is -1.79. The first-order chi connectivity index (χ1) is 10.2. The zero-order valence-corrected chi connectivity index (χ0v) is 12.7. The number of guanidine groups is 1. The predicted octanol–water partition coefficient (Wildman–Crippen LogP) is 0.426. The van der Waals surface area contributed by atoms with Gasteiger partial charge in [0.2, 0.25) is 5.91 Å². The zero-order chi connectivity index (χ0) is 15.1. The fourth-order valence-electron chi connectivity index (χ4n) is 2.70. The van der Waals surface area contributed by atoms with E-state index in [4.69, 9.17) is 0 Å². The van der Waals surface area contributed by atoms with Crippen LogP contribution in [0.25, 0.3) is 0 Å². The average Bonchev–Trinajstić information content (AvgIpc) is 2.80. The lowest BCUT2D eigenvalue weighted by molar-refractivity contribution is -0.124. The van der Waals surface area contributed by atoms with Gasteiger partial charge in [-0.1, -0.05) is 19.3 Å². The molecular weight excluding hydrogens is 270 g/mol. The second kappa shape index (κ2) is 7.85. The normalized spacial score (nSPS) is 20.6. The van der Waals surface area contributed by atoms with Crippen molar-refractivity contribution in [3.05, 3.63) is 0 Å². The third kappa shape index (κ3) is 4.61. The van der Waals surface area contributed by atoms with Gasteiger partial charge in [-0.25, -0.2) is 4.79 Å². The van der Waals surface area contributed by atoms with Crippen LogP contribution in [0.4, 0.5) is 4.79 Å². The van der Waals surface area contributed by atoms with Gasteiger partial charge in [-0.15, -0.1) is 0 Å². The van der Waals surface area contributed by atoms with Gasteiger partial charge in [-0.2, -0.15) is 0 Å². The van der Waals surface area contributed by atoms with Crippen molar-refractivity contribution in [2.75, 3.05) is 26.2 Å². The van der Waals surface area contributed by atoms with Crippen LogP contribution in [0.2, 0.25) is 0 Å². The minimum atomic E-state index is -0.319. The van der Waals surface area contributed by atoms with E-state index in [0.717, 1.165) is 12.5 Å². The highest BCUT2D eigenvalue weighted by molar-refractivity contribution is 6.01. The van der Waals surface area contributed by atoms with Crippen molar-refractivity contribution in [1.29, 1.82) is 0 Å². The number of imide groups is 1. The lowest BCUT2D eigenvalue weighted by atomic mass is 9.96. The number of nitrogens with zero attached hydrogens (tertiary/aromatic N) is 2. The molecule has 2 fully saturated rings. The van der Waals surface area contributed by atoms with Crippen molar-refractivity contribution < 1.29 is 9.59 Å². The number of aliphatic imine (C=N–C) groups is 1. The summed E-state index contributed by atoms with van der Waals surface area (Å²) in [5.41, 5.74) is 0. The summed E-state index contributed by atoms with van der Waals surface area (Å²) in [6.45, 7) is 3.66. The van der Waals surface area contributed by atoms with Gasteiger partial charge in [0.15, 0.2) is 5.96 Å². The monoisotopic (exact) mass is 295 g/mol. The molecule has 2 aliphatic rings. The molecule has 0 aromatic rings. The number of urea groups is 1. The number of carbonyl (C=O) groups is 2. The Morgan fingerprint density at radius 2 is 2.10 bits per heavy atom. The minimum absolute atomic E-state index is 0.100. The van der Waals surface area contributed by atoms with E-state index in [9.17, 15) is 9.59 Å². The lowest BCUT2D eigenvalue weighted by Crippen LogP contribution is -2.44. The molecule has 0 aromatic heterocycles. The summed E-state index contributed by atoms with van der Waals surface area (Å²) in [5, 5.41) is 9.16.